The topological polar surface area (TPSA) is 42.0 Å². The van der Waals surface area contributed by atoms with Crippen LogP contribution in [0.2, 0.25) is 0 Å². The van der Waals surface area contributed by atoms with Gasteiger partial charge in [0.05, 0.1) is 13.7 Å². The Bertz CT molecular complexity index is 660. The lowest BCUT2D eigenvalue weighted by molar-refractivity contribution is 0.0530. The van der Waals surface area contributed by atoms with Gasteiger partial charge in [0, 0.05) is 49.7 Å². The van der Waals surface area contributed by atoms with Crippen molar-refractivity contribution >= 4 is 5.91 Å². The average Bonchev–Trinajstić information content (AvgIpc) is 3.30. The molecular weight excluding hydrogens is 328 g/mol. The van der Waals surface area contributed by atoms with Crippen molar-refractivity contribution in [2.45, 2.75) is 19.3 Å². The van der Waals surface area contributed by atoms with Crippen molar-refractivity contribution < 1.29 is 14.3 Å². The number of carbonyl (C=O) groups is 1. The number of likely N-dealkylation sites (tertiary alicyclic amines) is 2. The smallest absolute Gasteiger partial charge is 0.254 e. The van der Waals surface area contributed by atoms with E-state index >= 15 is 0 Å². The van der Waals surface area contributed by atoms with E-state index in [4.69, 9.17) is 9.47 Å². The van der Waals surface area contributed by atoms with E-state index < -0.39 is 0 Å². The number of ether oxygens (including phenoxy) is 2. The normalized spacial score (nSPS) is 28.8. The van der Waals surface area contributed by atoms with Gasteiger partial charge in [0.15, 0.2) is 0 Å². The molecule has 1 aromatic carbocycles. The van der Waals surface area contributed by atoms with E-state index in [1.807, 2.05) is 29.2 Å². The molecule has 0 radical (unpaired) electrons. The summed E-state index contributed by atoms with van der Waals surface area (Å²) in [5.74, 6) is 2.18. The fraction of sp³-hybridized carbons (Fsp3) is 0.667. The average molecular weight is 358 g/mol. The molecule has 2 saturated heterocycles. The highest BCUT2D eigenvalue weighted by Gasteiger charge is 2.50. The lowest BCUT2D eigenvalue weighted by Crippen LogP contribution is -2.38. The van der Waals surface area contributed by atoms with Gasteiger partial charge < -0.3 is 19.3 Å². The molecule has 5 nitrogen and oxygen atoms in total. The lowest BCUT2D eigenvalue weighted by atomic mass is 9.77. The minimum Gasteiger partial charge on any atom is -0.497 e. The molecule has 1 amide bonds. The first-order valence-corrected chi connectivity index (χ1v) is 9.79. The van der Waals surface area contributed by atoms with E-state index in [0.717, 1.165) is 57.5 Å². The summed E-state index contributed by atoms with van der Waals surface area (Å²) >= 11 is 0. The molecule has 2 atom stereocenters. The summed E-state index contributed by atoms with van der Waals surface area (Å²) in [5.41, 5.74) is 0.904. The van der Waals surface area contributed by atoms with Gasteiger partial charge in [0.1, 0.15) is 5.75 Å². The molecule has 5 heteroatoms. The van der Waals surface area contributed by atoms with Crippen molar-refractivity contribution in [3.8, 4) is 5.75 Å². The molecule has 4 rings (SSSR count). The van der Waals surface area contributed by atoms with Crippen LogP contribution in [0.5, 0.6) is 5.75 Å². The molecule has 1 aliphatic carbocycles. The molecule has 1 aromatic rings. The standard InChI is InChI=1S/C21H30N2O3/c1-22-11-18(13-26-12-16-6-7-16)21(14-22)8-9-23(15-21)20(24)17-4-3-5-19(10-17)25-2/h3-5,10,16,18H,6-9,11-15H2,1-2H3/t18-,21-/m1/s1. The number of hydrogen-bond donors (Lipinski definition) is 0. The Morgan fingerprint density at radius 3 is 2.88 bits per heavy atom. The van der Waals surface area contributed by atoms with E-state index in [9.17, 15) is 4.79 Å². The molecule has 3 fully saturated rings. The molecule has 1 saturated carbocycles. The van der Waals surface area contributed by atoms with E-state index in [1.165, 1.54) is 12.8 Å². The van der Waals surface area contributed by atoms with E-state index in [0.29, 0.717) is 11.5 Å². The fourth-order valence-corrected chi connectivity index (χ4v) is 4.66. The molecule has 0 N–H and O–H groups in total. The third-order valence-corrected chi connectivity index (χ3v) is 6.34. The summed E-state index contributed by atoms with van der Waals surface area (Å²) in [6.07, 6.45) is 3.74. The van der Waals surface area contributed by atoms with Gasteiger partial charge in [0.25, 0.3) is 5.91 Å². The Balaban J connectivity index is 1.42. The zero-order chi connectivity index (χ0) is 18.1. The molecule has 0 bridgehead atoms. The summed E-state index contributed by atoms with van der Waals surface area (Å²) in [5, 5.41) is 0. The van der Waals surface area contributed by atoms with Crippen LogP contribution in [0.15, 0.2) is 24.3 Å². The van der Waals surface area contributed by atoms with Gasteiger partial charge in [-0.15, -0.1) is 0 Å². The Hall–Kier alpha value is -1.59. The maximum Gasteiger partial charge on any atom is 0.254 e. The molecule has 3 aliphatic rings. The van der Waals surface area contributed by atoms with Crippen LogP contribution in [0.25, 0.3) is 0 Å². The van der Waals surface area contributed by atoms with Crippen molar-refractivity contribution in [2.75, 3.05) is 53.6 Å². The third kappa shape index (κ3) is 3.60. The first-order chi connectivity index (χ1) is 12.6. The van der Waals surface area contributed by atoms with Crippen molar-refractivity contribution in [1.82, 2.24) is 9.80 Å². The van der Waals surface area contributed by atoms with Crippen LogP contribution in [0, 0.1) is 17.3 Å². The molecule has 1 spiro atoms. The molecule has 26 heavy (non-hydrogen) atoms. The van der Waals surface area contributed by atoms with Crippen molar-refractivity contribution in [3.05, 3.63) is 29.8 Å². The molecule has 142 valence electrons. The minimum absolute atomic E-state index is 0.118. The second kappa shape index (κ2) is 7.20. The van der Waals surface area contributed by atoms with E-state index in [1.54, 1.807) is 7.11 Å². The maximum atomic E-state index is 13.0. The van der Waals surface area contributed by atoms with Gasteiger partial charge in [-0.05, 0) is 50.4 Å². The quantitative estimate of drug-likeness (QED) is 0.784. The van der Waals surface area contributed by atoms with Crippen LogP contribution in [-0.4, -0.2) is 69.3 Å². The first kappa shape index (κ1) is 17.8. The highest BCUT2D eigenvalue weighted by atomic mass is 16.5. The minimum atomic E-state index is 0.118. The largest absolute Gasteiger partial charge is 0.497 e. The predicted octanol–water partition coefficient (Wildman–Crippen LogP) is 2.52. The van der Waals surface area contributed by atoms with Gasteiger partial charge in [-0.25, -0.2) is 0 Å². The van der Waals surface area contributed by atoms with Crippen LogP contribution >= 0.6 is 0 Å². The fourth-order valence-electron chi connectivity index (χ4n) is 4.66. The summed E-state index contributed by atoms with van der Waals surface area (Å²) in [4.78, 5) is 17.4. The van der Waals surface area contributed by atoms with Crippen LogP contribution < -0.4 is 4.74 Å². The number of methoxy groups -OCH3 is 1. The van der Waals surface area contributed by atoms with Gasteiger partial charge in [-0.2, -0.15) is 0 Å². The van der Waals surface area contributed by atoms with Crippen LogP contribution in [-0.2, 0) is 4.74 Å². The van der Waals surface area contributed by atoms with Crippen molar-refractivity contribution in [1.29, 1.82) is 0 Å². The predicted molar refractivity (Wildman–Crippen MR) is 100 cm³/mol. The Morgan fingerprint density at radius 1 is 1.27 bits per heavy atom. The molecule has 0 unspecified atom stereocenters. The number of hydrogen-bond acceptors (Lipinski definition) is 4. The third-order valence-electron chi connectivity index (χ3n) is 6.34. The number of nitrogens with zero attached hydrogens (tertiary/aromatic N) is 2. The van der Waals surface area contributed by atoms with E-state index in [2.05, 4.69) is 11.9 Å². The van der Waals surface area contributed by atoms with E-state index in [-0.39, 0.29) is 11.3 Å². The number of benzene rings is 1. The van der Waals surface area contributed by atoms with Gasteiger partial charge in [0.2, 0.25) is 0 Å². The summed E-state index contributed by atoms with van der Waals surface area (Å²) in [7, 11) is 3.82. The van der Waals surface area contributed by atoms with Gasteiger partial charge in [-0.3, -0.25) is 4.79 Å². The summed E-state index contributed by atoms with van der Waals surface area (Å²) in [6, 6.07) is 7.48. The first-order valence-electron chi connectivity index (χ1n) is 9.79. The van der Waals surface area contributed by atoms with Gasteiger partial charge in [-0.1, -0.05) is 6.07 Å². The maximum absolute atomic E-state index is 13.0. The van der Waals surface area contributed by atoms with Crippen LogP contribution in [0.3, 0.4) is 0 Å². The lowest BCUT2D eigenvalue weighted by Gasteiger charge is -2.30. The molecule has 2 heterocycles. The second-order valence-corrected chi connectivity index (χ2v) is 8.45. The molecule has 0 aromatic heterocycles. The number of rotatable bonds is 6. The highest BCUT2D eigenvalue weighted by molar-refractivity contribution is 5.94. The monoisotopic (exact) mass is 358 g/mol. The zero-order valence-corrected chi connectivity index (χ0v) is 15.9. The highest BCUT2D eigenvalue weighted by Crippen LogP contribution is 2.44. The Kier molecular flexibility index (Phi) is 4.93. The van der Waals surface area contributed by atoms with Crippen molar-refractivity contribution in [2.24, 2.45) is 17.3 Å². The number of amides is 1. The van der Waals surface area contributed by atoms with Gasteiger partial charge >= 0.3 is 0 Å². The van der Waals surface area contributed by atoms with Crippen molar-refractivity contribution in [3.63, 3.8) is 0 Å². The molecule has 2 aliphatic heterocycles. The summed E-state index contributed by atoms with van der Waals surface area (Å²) in [6.45, 7) is 5.57. The Labute approximate surface area is 156 Å². The van der Waals surface area contributed by atoms with Crippen LogP contribution in [0.4, 0.5) is 0 Å². The van der Waals surface area contributed by atoms with Crippen LogP contribution in [0.1, 0.15) is 29.6 Å². The number of carbonyl (C=O) groups excluding carboxylic acids is 1. The SMILES string of the molecule is COc1cccc(C(=O)N2CC[C@@]3(CN(C)C[C@@H]3COCC3CC3)C2)c1. The second-order valence-electron chi connectivity index (χ2n) is 8.45. The summed E-state index contributed by atoms with van der Waals surface area (Å²) < 4.78 is 11.3. The Morgan fingerprint density at radius 2 is 2.12 bits per heavy atom. The zero-order valence-electron chi connectivity index (χ0n) is 15.9. The molecular formula is C21H30N2O3.